The summed E-state index contributed by atoms with van der Waals surface area (Å²) in [4.78, 5) is 0. The quantitative estimate of drug-likeness (QED) is 0.659. The fourth-order valence-electron chi connectivity index (χ4n) is 1.80. The third kappa shape index (κ3) is 2.46. The van der Waals surface area contributed by atoms with E-state index in [-0.39, 0.29) is 5.41 Å². The van der Waals surface area contributed by atoms with Crippen LogP contribution in [-0.2, 0) is 5.41 Å². The van der Waals surface area contributed by atoms with Crippen molar-refractivity contribution in [3.05, 3.63) is 46.9 Å². The van der Waals surface area contributed by atoms with Crippen LogP contribution < -0.4 is 0 Å². The Balaban J connectivity index is 2.17. The molecular weight excluding hydrogens is 200 g/mol. The van der Waals surface area contributed by atoms with E-state index >= 15 is 0 Å². The van der Waals surface area contributed by atoms with Gasteiger partial charge in [0.25, 0.3) is 0 Å². The molecule has 0 fully saturated rings. The van der Waals surface area contributed by atoms with Crippen molar-refractivity contribution in [3.63, 3.8) is 0 Å². The minimum absolute atomic E-state index is 0.263. The summed E-state index contributed by atoms with van der Waals surface area (Å²) in [6.07, 6.45) is 3.44. The third-order valence-electron chi connectivity index (χ3n) is 2.84. The minimum atomic E-state index is 0.263. The second-order valence-electron chi connectivity index (χ2n) is 5.10. The van der Waals surface area contributed by atoms with Crippen LogP contribution >= 0.6 is 11.8 Å². The zero-order valence-corrected chi connectivity index (χ0v) is 10.5. The van der Waals surface area contributed by atoms with Gasteiger partial charge in [-0.25, -0.2) is 0 Å². The van der Waals surface area contributed by atoms with Crippen LogP contribution in [0.3, 0.4) is 0 Å². The summed E-state index contributed by atoms with van der Waals surface area (Å²) in [6, 6.07) is 9.11. The van der Waals surface area contributed by atoms with Crippen molar-refractivity contribution >= 4 is 11.8 Å². The topological polar surface area (TPSA) is 0 Å². The van der Waals surface area contributed by atoms with Gasteiger partial charge < -0.3 is 0 Å². The average molecular weight is 218 g/mol. The van der Waals surface area contributed by atoms with Crippen LogP contribution in [0.5, 0.6) is 0 Å². The maximum atomic E-state index is 2.28. The van der Waals surface area contributed by atoms with E-state index in [0.717, 1.165) is 0 Å². The van der Waals surface area contributed by atoms with Crippen LogP contribution in [0.15, 0.2) is 35.7 Å². The van der Waals surface area contributed by atoms with Gasteiger partial charge in [-0.2, -0.15) is 0 Å². The fraction of sp³-hybridized carbons (Fsp3) is 0.429. The van der Waals surface area contributed by atoms with Crippen molar-refractivity contribution in [1.29, 1.82) is 0 Å². The smallest absolute Gasteiger partial charge is 0.0373 e. The first-order valence-electron chi connectivity index (χ1n) is 5.48. The molecule has 0 saturated heterocycles. The maximum absolute atomic E-state index is 2.28. The molecule has 1 aliphatic rings. The van der Waals surface area contributed by atoms with Gasteiger partial charge in [-0.1, -0.05) is 51.1 Å². The van der Waals surface area contributed by atoms with Crippen LogP contribution in [0.4, 0.5) is 0 Å². The van der Waals surface area contributed by atoms with Crippen LogP contribution in [0, 0.1) is 0 Å². The molecule has 0 radical (unpaired) electrons. The number of hydrogen-bond acceptors (Lipinski definition) is 1. The molecule has 1 atom stereocenters. The van der Waals surface area contributed by atoms with E-state index in [2.05, 4.69) is 56.5 Å². The van der Waals surface area contributed by atoms with Crippen LogP contribution in [-0.4, -0.2) is 0 Å². The lowest BCUT2D eigenvalue weighted by Crippen LogP contribution is -2.10. The third-order valence-corrected chi connectivity index (χ3v) is 3.98. The van der Waals surface area contributed by atoms with Gasteiger partial charge in [0.2, 0.25) is 0 Å². The fourth-order valence-corrected chi connectivity index (χ4v) is 2.75. The summed E-state index contributed by atoms with van der Waals surface area (Å²) in [5, 5.41) is 2.86. The molecule has 15 heavy (non-hydrogen) atoms. The van der Waals surface area contributed by atoms with Crippen LogP contribution in [0.2, 0.25) is 0 Å². The molecule has 0 nitrogen and oxygen atoms in total. The lowest BCUT2D eigenvalue weighted by Gasteiger charge is -2.20. The second kappa shape index (κ2) is 4.05. The highest BCUT2D eigenvalue weighted by Crippen LogP contribution is 2.38. The van der Waals surface area contributed by atoms with Crippen molar-refractivity contribution in [2.45, 2.75) is 37.9 Å². The summed E-state index contributed by atoms with van der Waals surface area (Å²) in [6.45, 7) is 6.77. The molecule has 0 spiro atoms. The molecule has 1 heteroatoms. The number of hydrogen-bond donors (Lipinski definition) is 0. The van der Waals surface area contributed by atoms with Gasteiger partial charge in [0.1, 0.15) is 0 Å². The van der Waals surface area contributed by atoms with Crippen molar-refractivity contribution < 1.29 is 0 Å². The van der Waals surface area contributed by atoms with Crippen molar-refractivity contribution in [2.24, 2.45) is 0 Å². The molecule has 1 aromatic carbocycles. The minimum Gasteiger partial charge on any atom is -0.126 e. The summed E-state index contributed by atoms with van der Waals surface area (Å²) in [7, 11) is 0. The molecule has 0 N–H and O–H groups in total. The Labute approximate surface area is 96.8 Å². The largest absolute Gasteiger partial charge is 0.126 e. The molecule has 0 saturated carbocycles. The zero-order chi connectivity index (χ0) is 10.9. The number of allylic oxidation sites excluding steroid dienone is 1. The molecule has 0 aromatic heterocycles. The SMILES string of the molecule is CC(C)(C)c1ccc(C2CC=CS2)cc1. The van der Waals surface area contributed by atoms with Crippen molar-refractivity contribution in [2.75, 3.05) is 0 Å². The highest BCUT2D eigenvalue weighted by atomic mass is 32.2. The Hall–Kier alpha value is -0.690. The van der Waals surface area contributed by atoms with E-state index < -0.39 is 0 Å². The van der Waals surface area contributed by atoms with Crippen molar-refractivity contribution in [3.8, 4) is 0 Å². The number of benzene rings is 1. The van der Waals surface area contributed by atoms with E-state index in [0.29, 0.717) is 5.25 Å². The molecule has 1 aromatic rings. The molecule has 1 unspecified atom stereocenters. The zero-order valence-electron chi connectivity index (χ0n) is 9.66. The van der Waals surface area contributed by atoms with Gasteiger partial charge >= 0.3 is 0 Å². The van der Waals surface area contributed by atoms with Gasteiger partial charge in [0.05, 0.1) is 0 Å². The predicted molar refractivity (Wildman–Crippen MR) is 69.2 cm³/mol. The van der Waals surface area contributed by atoms with Crippen LogP contribution in [0.1, 0.15) is 43.6 Å². The standard InChI is InChI=1S/C14H18S/c1-14(2,3)12-8-6-11(7-9-12)13-5-4-10-15-13/h4,6-10,13H,5H2,1-3H3. The summed E-state index contributed by atoms with van der Waals surface area (Å²) in [5.41, 5.74) is 3.14. The molecule has 1 aliphatic heterocycles. The molecule has 0 amide bonds. The molecule has 0 aliphatic carbocycles. The van der Waals surface area contributed by atoms with Gasteiger partial charge in [0.15, 0.2) is 0 Å². The lowest BCUT2D eigenvalue weighted by atomic mass is 9.86. The Kier molecular flexibility index (Phi) is 2.92. The highest BCUT2D eigenvalue weighted by molar-refractivity contribution is 8.02. The van der Waals surface area contributed by atoms with E-state index in [1.807, 2.05) is 11.8 Å². The summed E-state index contributed by atoms with van der Waals surface area (Å²) < 4.78 is 0. The van der Waals surface area contributed by atoms with Gasteiger partial charge in [0, 0.05) is 5.25 Å². The molecular formula is C14H18S. The highest BCUT2D eigenvalue weighted by Gasteiger charge is 2.16. The van der Waals surface area contributed by atoms with E-state index in [1.165, 1.54) is 17.5 Å². The Morgan fingerprint density at radius 1 is 1.13 bits per heavy atom. The number of thioether (sulfide) groups is 1. The van der Waals surface area contributed by atoms with Crippen LogP contribution in [0.25, 0.3) is 0 Å². The van der Waals surface area contributed by atoms with Gasteiger partial charge in [-0.3, -0.25) is 0 Å². The molecule has 80 valence electrons. The molecule has 0 bridgehead atoms. The monoisotopic (exact) mass is 218 g/mol. The first-order chi connectivity index (χ1) is 7.07. The number of rotatable bonds is 1. The first-order valence-corrected chi connectivity index (χ1v) is 6.42. The van der Waals surface area contributed by atoms with Gasteiger partial charge in [-0.15, -0.1) is 11.8 Å². The van der Waals surface area contributed by atoms with E-state index in [4.69, 9.17) is 0 Å². The van der Waals surface area contributed by atoms with E-state index in [9.17, 15) is 0 Å². The molecule has 1 heterocycles. The normalized spacial score (nSPS) is 20.9. The predicted octanol–water partition coefficient (Wildman–Crippen LogP) is 4.68. The Morgan fingerprint density at radius 2 is 1.80 bits per heavy atom. The second-order valence-corrected chi connectivity index (χ2v) is 6.22. The molecule has 2 rings (SSSR count). The first kappa shape index (κ1) is 10.8. The van der Waals surface area contributed by atoms with Crippen molar-refractivity contribution in [1.82, 2.24) is 0 Å². The summed E-state index contributed by atoms with van der Waals surface area (Å²) in [5.74, 6) is 0. The lowest BCUT2D eigenvalue weighted by molar-refractivity contribution is 0.590. The Bertz CT molecular complexity index is 346. The summed E-state index contributed by atoms with van der Waals surface area (Å²) >= 11 is 1.93. The van der Waals surface area contributed by atoms with E-state index in [1.54, 1.807) is 0 Å². The average Bonchev–Trinajstić information content (AvgIpc) is 2.69. The van der Waals surface area contributed by atoms with Gasteiger partial charge in [-0.05, 0) is 28.4 Å². The maximum Gasteiger partial charge on any atom is 0.0373 e. The Morgan fingerprint density at radius 3 is 2.27 bits per heavy atom.